The molecule has 33 heavy (non-hydrogen) atoms. The van der Waals surface area contributed by atoms with Gasteiger partial charge in [0.15, 0.2) is 0 Å². The summed E-state index contributed by atoms with van der Waals surface area (Å²) < 4.78 is 0. The fraction of sp³-hybridized carbons (Fsp3) is 0.897. The molecule has 0 radical (unpaired) electrons. The maximum absolute atomic E-state index is 12.7. The number of carbonyl (C=O) groups is 1. The number of hydrogen-bond acceptors (Lipinski definition) is 3. The Kier molecular flexibility index (Phi) is 6.86. The lowest BCUT2D eigenvalue weighted by Gasteiger charge is -2.63. The molecule has 0 bridgehead atoms. The summed E-state index contributed by atoms with van der Waals surface area (Å²) in [5, 5.41) is 11.7. The first-order valence-electron chi connectivity index (χ1n) is 13.7. The number of aliphatic hydroxyl groups is 1. The van der Waals surface area contributed by atoms with Crippen molar-refractivity contribution in [3.8, 4) is 0 Å². The minimum atomic E-state index is -0.186. The van der Waals surface area contributed by atoms with Gasteiger partial charge in [0, 0.05) is 30.6 Å². The Morgan fingerprint density at radius 3 is 2.33 bits per heavy atom. The van der Waals surface area contributed by atoms with Crippen molar-refractivity contribution in [1.29, 1.82) is 0 Å². The zero-order chi connectivity index (χ0) is 24.3. The zero-order valence-electron chi connectivity index (χ0n) is 22.6. The van der Waals surface area contributed by atoms with Crippen LogP contribution in [0.2, 0.25) is 0 Å². The first-order chi connectivity index (χ1) is 15.4. The Balaban J connectivity index is 1.53. The average Bonchev–Trinajstić information content (AvgIpc) is 3.11. The standard InChI is InChI=1S/C29H50N2O2/c1-18(2)15-27(33)31(8)21-13-14-28(4)20(16-21)9-10-22-24-12-11-23(19(3)30(6)7)29(24,5)26(32)17-25(22)28/h15,19-26,32H,9-14,16-17H2,1-8H3/t19-,20?,21+,22?,23+,24?,25?,26+,28-,29+/m0/s1. The summed E-state index contributed by atoms with van der Waals surface area (Å²) in [5.74, 6) is 3.49. The number of carbonyl (C=O) groups excluding carboxylic acids is 1. The molecular formula is C29H50N2O2. The van der Waals surface area contributed by atoms with Crippen molar-refractivity contribution in [2.75, 3.05) is 21.1 Å². The fourth-order valence-corrected chi connectivity index (χ4v) is 9.26. The largest absolute Gasteiger partial charge is 0.393 e. The summed E-state index contributed by atoms with van der Waals surface area (Å²) >= 11 is 0. The monoisotopic (exact) mass is 458 g/mol. The second-order valence-corrected chi connectivity index (χ2v) is 13.3. The number of rotatable bonds is 4. The van der Waals surface area contributed by atoms with Gasteiger partial charge in [-0.15, -0.1) is 0 Å². The molecule has 4 rings (SSSR count). The topological polar surface area (TPSA) is 43.8 Å². The van der Waals surface area contributed by atoms with Crippen LogP contribution in [0.3, 0.4) is 0 Å². The van der Waals surface area contributed by atoms with Crippen molar-refractivity contribution < 1.29 is 9.90 Å². The Bertz CT molecular complexity index is 774. The van der Waals surface area contributed by atoms with E-state index < -0.39 is 0 Å². The summed E-state index contributed by atoms with van der Waals surface area (Å²) in [5.41, 5.74) is 1.45. The van der Waals surface area contributed by atoms with Gasteiger partial charge in [-0.2, -0.15) is 0 Å². The number of likely N-dealkylation sites (N-methyl/N-ethyl adjacent to an activating group) is 1. The van der Waals surface area contributed by atoms with E-state index in [1.54, 1.807) is 6.08 Å². The molecule has 4 saturated carbocycles. The molecule has 4 heteroatoms. The molecule has 4 fully saturated rings. The van der Waals surface area contributed by atoms with E-state index in [0.717, 1.165) is 30.8 Å². The molecule has 0 aromatic carbocycles. The van der Waals surface area contributed by atoms with E-state index in [0.29, 0.717) is 41.2 Å². The highest BCUT2D eigenvalue weighted by Gasteiger charge is 2.64. The summed E-state index contributed by atoms with van der Waals surface area (Å²) in [7, 11) is 6.40. The second kappa shape index (κ2) is 8.97. The number of aliphatic hydroxyl groups excluding tert-OH is 1. The maximum Gasteiger partial charge on any atom is 0.246 e. The van der Waals surface area contributed by atoms with Crippen molar-refractivity contribution in [3.63, 3.8) is 0 Å². The third-order valence-corrected chi connectivity index (χ3v) is 11.5. The SMILES string of the molecule is CC(C)=CC(=O)N(C)[C@@H]1CC[C@@]2(C)C(CCC3C2C[C@@H](O)[C@@]2(C)C3CC[C@@H]2[C@H](C)N(C)C)C1. The maximum atomic E-state index is 12.7. The highest BCUT2D eigenvalue weighted by Crippen LogP contribution is 2.68. The minimum absolute atomic E-state index is 0.0578. The molecule has 0 spiro atoms. The van der Waals surface area contributed by atoms with Gasteiger partial charge in [0.2, 0.25) is 5.91 Å². The summed E-state index contributed by atoms with van der Waals surface area (Å²) in [6.45, 7) is 11.3. The number of allylic oxidation sites excluding steroid dienone is 1. The van der Waals surface area contributed by atoms with Gasteiger partial charge in [-0.25, -0.2) is 0 Å². The Labute approximate surface area is 203 Å². The molecule has 4 unspecified atom stereocenters. The van der Waals surface area contributed by atoms with Gasteiger partial charge in [0.25, 0.3) is 0 Å². The van der Waals surface area contributed by atoms with Gasteiger partial charge >= 0.3 is 0 Å². The fourth-order valence-electron chi connectivity index (χ4n) is 9.26. The summed E-state index contributed by atoms with van der Waals surface area (Å²) in [6.07, 6.45) is 11.2. The van der Waals surface area contributed by atoms with Gasteiger partial charge in [-0.3, -0.25) is 4.79 Å². The second-order valence-electron chi connectivity index (χ2n) is 13.3. The van der Waals surface area contributed by atoms with Gasteiger partial charge < -0.3 is 14.9 Å². The molecule has 0 aliphatic heterocycles. The zero-order valence-corrected chi connectivity index (χ0v) is 22.6. The minimum Gasteiger partial charge on any atom is -0.393 e. The van der Waals surface area contributed by atoms with Crippen LogP contribution >= 0.6 is 0 Å². The normalized spacial score (nSPS) is 45.6. The van der Waals surface area contributed by atoms with E-state index in [4.69, 9.17) is 0 Å². The lowest BCUT2D eigenvalue weighted by atomic mass is 9.43. The van der Waals surface area contributed by atoms with Crippen molar-refractivity contribution >= 4 is 5.91 Å². The summed E-state index contributed by atoms with van der Waals surface area (Å²) in [6, 6.07) is 0.876. The third-order valence-electron chi connectivity index (χ3n) is 11.5. The van der Waals surface area contributed by atoms with Crippen LogP contribution < -0.4 is 0 Å². The predicted octanol–water partition coefficient (Wildman–Crippen LogP) is 5.36. The molecule has 4 aliphatic carbocycles. The van der Waals surface area contributed by atoms with E-state index >= 15 is 0 Å². The highest BCUT2D eigenvalue weighted by atomic mass is 16.3. The number of fused-ring (bicyclic) bond motifs is 5. The Hall–Kier alpha value is -0.870. The van der Waals surface area contributed by atoms with Crippen LogP contribution in [0.25, 0.3) is 0 Å². The molecule has 1 N–H and O–H groups in total. The van der Waals surface area contributed by atoms with Crippen LogP contribution in [0, 0.1) is 40.4 Å². The molecule has 4 nitrogen and oxygen atoms in total. The molecule has 0 aromatic heterocycles. The van der Waals surface area contributed by atoms with Gasteiger partial charge in [0.05, 0.1) is 6.10 Å². The molecular weight excluding hydrogens is 408 g/mol. The predicted molar refractivity (Wildman–Crippen MR) is 136 cm³/mol. The van der Waals surface area contributed by atoms with Crippen LogP contribution in [0.5, 0.6) is 0 Å². The lowest BCUT2D eigenvalue weighted by molar-refractivity contribution is -0.172. The van der Waals surface area contributed by atoms with Crippen LogP contribution in [0.4, 0.5) is 0 Å². The van der Waals surface area contributed by atoms with Crippen LogP contribution in [0.1, 0.15) is 86.0 Å². The molecule has 1 amide bonds. The van der Waals surface area contributed by atoms with E-state index in [1.807, 2.05) is 25.8 Å². The molecule has 0 heterocycles. The van der Waals surface area contributed by atoms with E-state index in [9.17, 15) is 9.90 Å². The van der Waals surface area contributed by atoms with Crippen molar-refractivity contribution in [3.05, 3.63) is 11.6 Å². The molecule has 188 valence electrons. The quantitative estimate of drug-likeness (QED) is 0.577. The van der Waals surface area contributed by atoms with E-state index in [2.05, 4.69) is 39.8 Å². The van der Waals surface area contributed by atoms with Gasteiger partial charge in [-0.1, -0.05) is 19.4 Å². The highest BCUT2D eigenvalue weighted by molar-refractivity contribution is 5.88. The van der Waals surface area contributed by atoms with E-state index in [-0.39, 0.29) is 17.4 Å². The molecule has 10 atom stereocenters. The number of nitrogens with zero attached hydrogens (tertiary/aromatic N) is 2. The van der Waals surface area contributed by atoms with Crippen molar-refractivity contribution in [1.82, 2.24) is 9.80 Å². The van der Waals surface area contributed by atoms with Crippen molar-refractivity contribution in [2.24, 2.45) is 40.4 Å². The van der Waals surface area contributed by atoms with E-state index in [1.165, 1.54) is 32.1 Å². The van der Waals surface area contributed by atoms with Crippen LogP contribution in [-0.4, -0.2) is 60.1 Å². The average molecular weight is 459 g/mol. The molecule has 0 aromatic rings. The first-order valence-corrected chi connectivity index (χ1v) is 13.7. The van der Waals surface area contributed by atoms with Gasteiger partial charge in [0.1, 0.15) is 0 Å². The lowest BCUT2D eigenvalue weighted by Crippen LogP contribution is -2.60. The number of amides is 1. The smallest absolute Gasteiger partial charge is 0.246 e. The molecule has 4 aliphatic rings. The Morgan fingerprint density at radius 1 is 1.00 bits per heavy atom. The third kappa shape index (κ3) is 4.01. The van der Waals surface area contributed by atoms with Crippen molar-refractivity contribution in [2.45, 2.75) is 104 Å². The Morgan fingerprint density at radius 2 is 1.70 bits per heavy atom. The number of hydrogen-bond donors (Lipinski definition) is 1. The van der Waals surface area contributed by atoms with Crippen LogP contribution in [0.15, 0.2) is 11.6 Å². The van der Waals surface area contributed by atoms with Gasteiger partial charge in [-0.05, 0) is 121 Å². The van der Waals surface area contributed by atoms with Crippen LogP contribution in [-0.2, 0) is 4.79 Å². The first kappa shape index (κ1) is 25.2. The summed E-state index contributed by atoms with van der Waals surface area (Å²) in [4.78, 5) is 17.0. The molecule has 0 saturated heterocycles.